The third-order valence-corrected chi connectivity index (χ3v) is 3.27. The Labute approximate surface area is 106 Å². The second-order valence-electron chi connectivity index (χ2n) is 4.67. The molecule has 92 valence electrons. The van der Waals surface area contributed by atoms with Crippen LogP contribution in [0.5, 0.6) is 0 Å². The molecule has 18 heavy (non-hydrogen) atoms. The summed E-state index contributed by atoms with van der Waals surface area (Å²) in [5, 5.41) is 0.991. The minimum atomic E-state index is -0.307. The van der Waals surface area contributed by atoms with Crippen LogP contribution in [0.3, 0.4) is 0 Å². The van der Waals surface area contributed by atoms with E-state index in [0.29, 0.717) is 12.2 Å². The number of rotatable bonds is 3. The molecule has 0 unspecified atom stereocenters. The molecule has 1 fully saturated rings. The molecular weight excluding hydrogens is 226 g/mol. The van der Waals surface area contributed by atoms with Crippen LogP contribution in [0.15, 0.2) is 30.5 Å². The van der Waals surface area contributed by atoms with Gasteiger partial charge in [-0.2, -0.15) is 0 Å². The molecule has 3 rings (SSSR count). The monoisotopic (exact) mass is 241 g/mol. The van der Waals surface area contributed by atoms with Crippen LogP contribution in [0.1, 0.15) is 41.6 Å². The van der Waals surface area contributed by atoms with E-state index in [4.69, 9.17) is 4.74 Å². The summed E-state index contributed by atoms with van der Waals surface area (Å²) in [7, 11) is 0. The zero-order valence-corrected chi connectivity index (χ0v) is 10.3. The van der Waals surface area contributed by atoms with E-state index in [9.17, 15) is 4.79 Å². The van der Waals surface area contributed by atoms with Gasteiger partial charge >= 0.3 is 5.97 Å². The molecule has 0 bridgehead atoms. The number of nitrogens with zero attached hydrogens (tertiary/aromatic N) is 1. The third kappa shape index (κ3) is 2.08. The largest absolute Gasteiger partial charge is 0.462 e. The van der Waals surface area contributed by atoms with E-state index in [1.165, 1.54) is 18.4 Å². The summed E-state index contributed by atoms with van der Waals surface area (Å²) in [6, 6.07) is 8.15. The first-order chi connectivity index (χ1) is 8.78. The number of carbonyl (C=O) groups is 1. The number of hydrogen-bond acceptors (Lipinski definition) is 3. The average Bonchev–Trinajstić information content (AvgIpc) is 3.22. The van der Waals surface area contributed by atoms with Gasteiger partial charge in [0, 0.05) is 11.6 Å². The van der Waals surface area contributed by atoms with Gasteiger partial charge in [-0.05, 0) is 43.4 Å². The van der Waals surface area contributed by atoms with Gasteiger partial charge in [0.2, 0.25) is 0 Å². The van der Waals surface area contributed by atoms with E-state index in [2.05, 4.69) is 17.1 Å². The maximum absolute atomic E-state index is 11.6. The molecule has 0 spiro atoms. The van der Waals surface area contributed by atoms with Crippen molar-refractivity contribution < 1.29 is 9.53 Å². The Bertz CT molecular complexity index is 602. The van der Waals surface area contributed by atoms with Crippen LogP contribution in [0.4, 0.5) is 0 Å². The highest BCUT2D eigenvalue weighted by atomic mass is 16.5. The van der Waals surface area contributed by atoms with Gasteiger partial charge in [-0.1, -0.05) is 12.1 Å². The van der Waals surface area contributed by atoms with Crippen LogP contribution >= 0.6 is 0 Å². The molecule has 0 aliphatic heterocycles. The summed E-state index contributed by atoms with van der Waals surface area (Å²) in [5.41, 5.74) is 2.83. The van der Waals surface area contributed by atoms with Gasteiger partial charge < -0.3 is 4.74 Å². The SMILES string of the molecule is CCOC(=O)c1cnc2cc(C3CC3)ccc2c1. The van der Waals surface area contributed by atoms with Crippen molar-refractivity contribution in [3.05, 3.63) is 41.6 Å². The van der Waals surface area contributed by atoms with Gasteiger partial charge in [0.25, 0.3) is 0 Å². The Morgan fingerprint density at radius 1 is 1.39 bits per heavy atom. The van der Waals surface area contributed by atoms with E-state index in [-0.39, 0.29) is 5.97 Å². The number of hydrogen-bond donors (Lipinski definition) is 0. The first-order valence-electron chi connectivity index (χ1n) is 6.35. The van der Waals surface area contributed by atoms with Crippen LogP contribution in [0.25, 0.3) is 10.9 Å². The molecule has 0 radical (unpaired) electrons. The lowest BCUT2D eigenvalue weighted by molar-refractivity contribution is 0.0526. The molecule has 3 heteroatoms. The normalized spacial score (nSPS) is 14.7. The molecule has 1 saturated carbocycles. The molecule has 1 aliphatic rings. The van der Waals surface area contributed by atoms with Gasteiger partial charge in [0.15, 0.2) is 0 Å². The second-order valence-corrected chi connectivity index (χ2v) is 4.67. The smallest absolute Gasteiger partial charge is 0.339 e. The van der Waals surface area contributed by atoms with Gasteiger partial charge in [0.1, 0.15) is 0 Å². The van der Waals surface area contributed by atoms with Gasteiger partial charge in [-0.3, -0.25) is 4.98 Å². The Balaban J connectivity index is 1.97. The van der Waals surface area contributed by atoms with E-state index in [1.807, 2.05) is 12.1 Å². The fourth-order valence-corrected chi connectivity index (χ4v) is 2.14. The zero-order valence-electron chi connectivity index (χ0n) is 10.3. The van der Waals surface area contributed by atoms with Crippen molar-refractivity contribution in [1.29, 1.82) is 0 Å². The fraction of sp³-hybridized carbons (Fsp3) is 0.333. The standard InChI is InChI=1S/C15H15NO2/c1-2-18-15(17)13-7-12-6-5-11(10-3-4-10)8-14(12)16-9-13/h5-10H,2-4H2,1H3. The summed E-state index contributed by atoms with van der Waals surface area (Å²) in [5.74, 6) is 0.416. The summed E-state index contributed by atoms with van der Waals surface area (Å²) >= 11 is 0. The number of fused-ring (bicyclic) bond motifs is 1. The van der Waals surface area contributed by atoms with Crippen LogP contribution < -0.4 is 0 Å². The summed E-state index contributed by atoms with van der Waals surface area (Å²) in [4.78, 5) is 16.0. The minimum absolute atomic E-state index is 0.307. The minimum Gasteiger partial charge on any atom is -0.462 e. The van der Waals surface area contributed by atoms with Crippen LogP contribution in [-0.4, -0.2) is 17.6 Å². The lowest BCUT2D eigenvalue weighted by Gasteiger charge is -2.04. The number of carbonyl (C=O) groups excluding carboxylic acids is 1. The molecule has 2 aromatic rings. The molecule has 1 aromatic heterocycles. The molecule has 1 heterocycles. The fourth-order valence-electron chi connectivity index (χ4n) is 2.14. The van der Waals surface area contributed by atoms with Crippen molar-refractivity contribution in [2.75, 3.05) is 6.61 Å². The third-order valence-electron chi connectivity index (χ3n) is 3.27. The predicted octanol–water partition coefficient (Wildman–Crippen LogP) is 3.29. The van der Waals surface area contributed by atoms with Gasteiger partial charge in [0.05, 0.1) is 17.7 Å². The quantitative estimate of drug-likeness (QED) is 0.774. The van der Waals surface area contributed by atoms with Crippen molar-refractivity contribution in [1.82, 2.24) is 4.98 Å². The summed E-state index contributed by atoms with van der Waals surface area (Å²) in [6.45, 7) is 2.19. The van der Waals surface area contributed by atoms with E-state index < -0.39 is 0 Å². The van der Waals surface area contributed by atoms with E-state index in [1.54, 1.807) is 13.1 Å². The Morgan fingerprint density at radius 2 is 2.22 bits per heavy atom. The van der Waals surface area contributed by atoms with Crippen molar-refractivity contribution in [2.24, 2.45) is 0 Å². The number of aromatic nitrogens is 1. The van der Waals surface area contributed by atoms with E-state index in [0.717, 1.165) is 16.8 Å². The highest BCUT2D eigenvalue weighted by Gasteiger charge is 2.23. The molecule has 0 atom stereocenters. The van der Waals surface area contributed by atoms with Crippen molar-refractivity contribution in [2.45, 2.75) is 25.7 Å². The average molecular weight is 241 g/mol. The highest BCUT2D eigenvalue weighted by molar-refractivity contribution is 5.93. The topological polar surface area (TPSA) is 39.2 Å². The highest BCUT2D eigenvalue weighted by Crippen LogP contribution is 2.40. The maximum Gasteiger partial charge on any atom is 0.339 e. The number of ether oxygens (including phenoxy) is 1. The lowest BCUT2D eigenvalue weighted by atomic mass is 10.1. The van der Waals surface area contributed by atoms with Crippen molar-refractivity contribution in [3.63, 3.8) is 0 Å². The Kier molecular flexibility index (Phi) is 2.74. The molecule has 1 aliphatic carbocycles. The summed E-state index contributed by atoms with van der Waals surface area (Å²) < 4.78 is 4.97. The lowest BCUT2D eigenvalue weighted by Crippen LogP contribution is -2.04. The molecular formula is C15H15NO2. The molecule has 0 N–H and O–H groups in total. The molecule has 0 saturated heterocycles. The van der Waals surface area contributed by atoms with Crippen LogP contribution in [0.2, 0.25) is 0 Å². The maximum atomic E-state index is 11.6. The first kappa shape index (κ1) is 11.2. The van der Waals surface area contributed by atoms with E-state index >= 15 is 0 Å². The molecule has 1 aromatic carbocycles. The van der Waals surface area contributed by atoms with Crippen molar-refractivity contribution in [3.8, 4) is 0 Å². The van der Waals surface area contributed by atoms with Gasteiger partial charge in [-0.15, -0.1) is 0 Å². The number of pyridine rings is 1. The zero-order chi connectivity index (χ0) is 12.5. The summed E-state index contributed by atoms with van der Waals surface area (Å²) in [6.07, 6.45) is 4.16. The van der Waals surface area contributed by atoms with Crippen LogP contribution in [0, 0.1) is 0 Å². The number of benzene rings is 1. The Morgan fingerprint density at radius 3 is 2.94 bits per heavy atom. The Hall–Kier alpha value is -1.90. The first-order valence-corrected chi connectivity index (χ1v) is 6.35. The second kappa shape index (κ2) is 4.41. The predicted molar refractivity (Wildman–Crippen MR) is 69.7 cm³/mol. The molecule has 0 amide bonds. The number of esters is 1. The van der Waals surface area contributed by atoms with Crippen molar-refractivity contribution >= 4 is 16.9 Å². The van der Waals surface area contributed by atoms with Gasteiger partial charge in [-0.25, -0.2) is 4.79 Å². The van der Waals surface area contributed by atoms with Crippen LogP contribution in [-0.2, 0) is 4.74 Å². The molecule has 3 nitrogen and oxygen atoms in total.